The van der Waals surface area contributed by atoms with Crippen LogP contribution in [0, 0.1) is 3.57 Å². The van der Waals surface area contributed by atoms with E-state index in [2.05, 4.69) is 35.2 Å². The molecule has 0 saturated heterocycles. The number of benzene rings is 1. The minimum absolute atomic E-state index is 0.465. The Labute approximate surface area is 105 Å². The number of thiophene rings is 1. The summed E-state index contributed by atoms with van der Waals surface area (Å²) < 4.78 is 2.02. The van der Waals surface area contributed by atoms with E-state index in [1.54, 1.807) is 17.4 Å². The van der Waals surface area contributed by atoms with Crippen LogP contribution in [-0.4, -0.2) is 17.2 Å². The van der Waals surface area contributed by atoms with Crippen molar-refractivity contribution in [3.63, 3.8) is 0 Å². The van der Waals surface area contributed by atoms with Crippen molar-refractivity contribution >= 4 is 69.2 Å². The first-order valence-electron chi connectivity index (χ1n) is 3.86. The summed E-state index contributed by atoms with van der Waals surface area (Å²) in [6.07, 6.45) is 0. The highest BCUT2D eigenvalue weighted by Crippen LogP contribution is 2.28. The smallest absolute Gasteiger partial charge is 0.423 e. The van der Waals surface area contributed by atoms with Crippen molar-refractivity contribution < 1.29 is 10.0 Å². The van der Waals surface area contributed by atoms with Crippen molar-refractivity contribution in [1.82, 2.24) is 0 Å². The molecule has 0 spiro atoms. The Kier molecular flexibility index (Phi) is 3.08. The molecule has 1 aromatic carbocycles. The van der Waals surface area contributed by atoms with Gasteiger partial charge in [0.2, 0.25) is 0 Å². The molecule has 0 bridgehead atoms. The molecule has 2 rings (SSSR count). The largest absolute Gasteiger partial charge is 0.489 e. The van der Waals surface area contributed by atoms with Gasteiger partial charge >= 0.3 is 7.12 Å². The molecule has 0 fully saturated rings. The summed E-state index contributed by atoms with van der Waals surface area (Å²) in [6.45, 7) is 0. The first-order chi connectivity index (χ1) is 6.61. The molecule has 0 aliphatic carbocycles. The molecule has 0 atom stereocenters. The lowest BCUT2D eigenvalue weighted by atomic mass is 9.80. The zero-order valence-electron chi connectivity index (χ0n) is 6.94. The first-order valence-corrected chi connectivity index (χ1v) is 6.26. The molecule has 72 valence electrons. The van der Waals surface area contributed by atoms with E-state index in [0.717, 1.165) is 13.7 Å². The Balaban J connectivity index is 2.80. The molecule has 0 unspecified atom stereocenters. The Morgan fingerprint density at radius 1 is 1.43 bits per heavy atom. The van der Waals surface area contributed by atoms with Gasteiger partial charge in [0.05, 0.1) is 0 Å². The maximum atomic E-state index is 9.13. The Bertz CT molecular complexity index is 483. The number of thiol groups is 1. The van der Waals surface area contributed by atoms with Gasteiger partial charge in [-0.15, -0.1) is 24.0 Å². The van der Waals surface area contributed by atoms with Gasteiger partial charge in [-0.25, -0.2) is 0 Å². The van der Waals surface area contributed by atoms with Gasteiger partial charge in [-0.05, 0) is 45.6 Å². The maximum Gasteiger partial charge on any atom is 0.489 e. The van der Waals surface area contributed by atoms with Gasteiger partial charge in [0.15, 0.2) is 0 Å². The Hall–Kier alpha value is 0.245. The number of hydrogen-bond donors (Lipinski definition) is 3. The van der Waals surface area contributed by atoms with Crippen LogP contribution in [-0.2, 0) is 0 Å². The molecule has 14 heavy (non-hydrogen) atoms. The van der Waals surface area contributed by atoms with E-state index < -0.39 is 7.12 Å². The summed E-state index contributed by atoms with van der Waals surface area (Å²) in [6, 6.07) is 3.78. The zero-order chi connectivity index (χ0) is 10.3. The zero-order valence-corrected chi connectivity index (χ0v) is 10.8. The molecule has 2 nitrogen and oxygen atoms in total. The normalized spacial score (nSPS) is 10.9. The van der Waals surface area contributed by atoms with E-state index in [1.165, 1.54) is 0 Å². The fraction of sp³-hybridized carbons (Fsp3) is 0. The average Bonchev–Trinajstić information content (AvgIpc) is 2.58. The summed E-state index contributed by atoms with van der Waals surface area (Å²) in [5, 5.41) is 21.4. The van der Waals surface area contributed by atoms with Gasteiger partial charge in [-0.2, -0.15) is 0 Å². The summed E-state index contributed by atoms with van der Waals surface area (Å²) in [7, 11) is -1.46. The summed E-state index contributed by atoms with van der Waals surface area (Å²) in [4.78, 5) is 0.645. The van der Waals surface area contributed by atoms with E-state index in [9.17, 15) is 0 Å². The lowest BCUT2D eigenvalue weighted by Crippen LogP contribution is -2.31. The van der Waals surface area contributed by atoms with Crippen molar-refractivity contribution in [2.75, 3.05) is 0 Å². The average molecular weight is 336 g/mol. The number of fused-ring (bicyclic) bond motifs is 1. The standard InChI is InChI=1S/C8H6BIO2S2/c10-7-4-1-2-14-6(4)3-5(8(7)13)9(11)12/h1-3,11-13H. The summed E-state index contributed by atoms with van der Waals surface area (Å²) >= 11 is 8.03. The van der Waals surface area contributed by atoms with Crippen molar-refractivity contribution in [3.05, 3.63) is 21.1 Å². The van der Waals surface area contributed by atoms with Gasteiger partial charge in [0, 0.05) is 18.6 Å². The molecule has 2 N–H and O–H groups in total. The van der Waals surface area contributed by atoms with Gasteiger partial charge < -0.3 is 10.0 Å². The van der Waals surface area contributed by atoms with Crippen LogP contribution >= 0.6 is 46.6 Å². The van der Waals surface area contributed by atoms with Crippen LogP contribution in [0.5, 0.6) is 0 Å². The quantitative estimate of drug-likeness (QED) is 0.419. The maximum absolute atomic E-state index is 9.13. The van der Waals surface area contributed by atoms with Crippen LogP contribution < -0.4 is 5.46 Å². The highest BCUT2D eigenvalue weighted by molar-refractivity contribution is 14.1. The topological polar surface area (TPSA) is 40.5 Å². The summed E-state index contributed by atoms with van der Waals surface area (Å²) in [5.41, 5.74) is 0.465. The van der Waals surface area contributed by atoms with Crippen molar-refractivity contribution in [2.45, 2.75) is 4.90 Å². The third-order valence-electron chi connectivity index (χ3n) is 1.98. The molecule has 1 aromatic heterocycles. The van der Waals surface area contributed by atoms with Crippen molar-refractivity contribution in [3.8, 4) is 0 Å². The molecule has 1 heterocycles. The van der Waals surface area contributed by atoms with E-state index in [-0.39, 0.29) is 0 Å². The van der Waals surface area contributed by atoms with Gasteiger partial charge in [0.1, 0.15) is 0 Å². The monoisotopic (exact) mass is 336 g/mol. The highest BCUT2D eigenvalue weighted by Gasteiger charge is 2.18. The van der Waals surface area contributed by atoms with Gasteiger partial charge in [-0.1, -0.05) is 0 Å². The molecule has 0 amide bonds. The Morgan fingerprint density at radius 3 is 2.79 bits per heavy atom. The lowest BCUT2D eigenvalue weighted by molar-refractivity contribution is 0.425. The predicted molar refractivity (Wildman–Crippen MR) is 71.6 cm³/mol. The van der Waals surface area contributed by atoms with Gasteiger partial charge in [-0.3, -0.25) is 0 Å². The molecule has 6 heteroatoms. The van der Waals surface area contributed by atoms with Gasteiger partial charge in [0.25, 0.3) is 0 Å². The molecular formula is C8H6BIO2S2. The van der Waals surface area contributed by atoms with Crippen LogP contribution in [0.2, 0.25) is 0 Å². The molecule has 2 aromatic rings. The van der Waals surface area contributed by atoms with E-state index in [0.29, 0.717) is 10.4 Å². The SMILES string of the molecule is OB(O)c1cc2sccc2c(I)c1S. The lowest BCUT2D eigenvalue weighted by Gasteiger charge is -2.06. The molecular weight excluding hydrogens is 330 g/mol. The van der Waals surface area contributed by atoms with Crippen LogP contribution in [0.15, 0.2) is 22.4 Å². The second kappa shape index (κ2) is 4.01. The number of halogens is 1. The minimum Gasteiger partial charge on any atom is -0.423 e. The second-order valence-electron chi connectivity index (χ2n) is 2.83. The fourth-order valence-electron chi connectivity index (χ4n) is 1.27. The van der Waals surface area contributed by atoms with Crippen LogP contribution in [0.25, 0.3) is 10.1 Å². The third-order valence-corrected chi connectivity index (χ3v) is 4.87. The van der Waals surface area contributed by atoms with E-state index in [1.807, 2.05) is 11.4 Å². The fourth-order valence-corrected chi connectivity index (χ4v) is 3.38. The molecule has 0 radical (unpaired) electrons. The molecule has 0 saturated carbocycles. The first kappa shape index (κ1) is 10.8. The van der Waals surface area contributed by atoms with Crippen molar-refractivity contribution in [2.24, 2.45) is 0 Å². The van der Waals surface area contributed by atoms with Crippen LogP contribution in [0.4, 0.5) is 0 Å². The van der Waals surface area contributed by atoms with E-state index in [4.69, 9.17) is 10.0 Å². The Morgan fingerprint density at radius 2 is 2.14 bits per heavy atom. The van der Waals surface area contributed by atoms with E-state index >= 15 is 0 Å². The second-order valence-corrected chi connectivity index (χ2v) is 5.31. The molecule has 0 aliphatic heterocycles. The van der Waals surface area contributed by atoms with Crippen LogP contribution in [0.3, 0.4) is 0 Å². The highest BCUT2D eigenvalue weighted by atomic mass is 127. The third kappa shape index (κ3) is 1.69. The number of hydrogen-bond acceptors (Lipinski definition) is 4. The predicted octanol–water partition coefficient (Wildman–Crippen LogP) is 1.47. The summed E-state index contributed by atoms with van der Waals surface area (Å²) in [5.74, 6) is 0. The minimum atomic E-state index is -1.46. The van der Waals surface area contributed by atoms with Crippen LogP contribution in [0.1, 0.15) is 0 Å². The number of rotatable bonds is 1. The van der Waals surface area contributed by atoms with Crippen molar-refractivity contribution in [1.29, 1.82) is 0 Å². The molecule has 0 aliphatic rings.